The summed E-state index contributed by atoms with van der Waals surface area (Å²) < 4.78 is 4.48. The summed E-state index contributed by atoms with van der Waals surface area (Å²) in [4.78, 5) is 12.2. The first-order valence-corrected chi connectivity index (χ1v) is 3.06. The molecule has 0 aliphatic heterocycles. The number of nitrogens with zero attached hydrogens (tertiary/aromatic N) is 2. The largest absolute Gasteiger partial charge is 0.452 e. The summed E-state index contributed by atoms with van der Waals surface area (Å²) in [5, 5.41) is 6.28. The van der Waals surface area contributed by atoms with Gasteiger partial charge in [-0.15, -0.1) is 0 Å². The number of amides is 1. The molecule has 1 rings (SSSR count). The average molecular weight is 155 g/mol. The normalized spacial score (nSPS) is 9.27. The number of rotatable bonds is 1. The molecule has 1 aromatic rings. The van der Waals surface area contributed by atoms with Gasteiger partial charge in [-0.25, -0.2) is 4.79 Å². The Kier molecular flexibility index (Phi) is 2.10. The quantitative estimate of drug-likeness (QED) is 0.646. The molecule has 5 nitrogen and oxygen atoms in total. The van der Waals surface area contributed by atoms with Crippen LogP contribution in [-0.4, -0.2) is 30.4 Å². The van der Waals surface area contributed by atoms with E-state index in [1.807, 2.05) is 0 Å². The lowest BCUT2D eigenvalue weighted by molar-refractivity contribution is 0.180. The van der Waals surface area contributed by atoms with Gasteiger partial charge in [-0.2, -0.15) is 5.10 Å². The summed E-state index contributed by atoms with van der Waals surface area (Å²) in [6.45, 7) is 0. The highest BCUT2D eigenvalue weighted by atomic mass is 16.5. The SMILES string of the molecule is COC(=O)N(C)c1cn[nH]c1. The first-order chi connectivity index (χ1) is 5.25. The molecule has 60 valence electrons. The number of hydrogen-bond donors (Lipinski definition) is 1. The van der Waals surface area contributed by atoms with Crippen molar-refractivity contribution < 1.29 is 9.53 Å². The molecule has 0 spiro atoms. The van der Waals surface area contributed by atoms with Gasteiger partial charge in [0.1, 0.15) is 0 Å². The highest BCUT2D eigenvalue weighted by molar-refractivity contribution is 5.86. The van der Waals surface area contributed by atoms with E-state index in [4.69, 9.17) is 0 Å². The topological polar surface area (TPSA) is 58.2 Å². The van der Waals surface area contributed by atoms with Crippen molar-refractivity contribution in [2.45, 2.75) is 0 Å². The smallest absolute Gasteiger partial charge is 0.413 e. The van der Waals surface area contributed by atoms with Crippen LogP contribution in [0.2, 0.25) is 0 Å². The Bertz CT molecular complexity index is 232. The number of carbonyl (C=O) groups excluding carboxylic acids is 1. The molecule has 0 saturated heterocycles. The van der Waals surface area contributed by atoms with Crippen LogP contribution in [0.4, 0.5) is 10.5 Å². The third-order valence-electron chi connectivity index (χ3n) is 1.32. The van der Waals surface area contributed by atoms with Crippen molar-refractivity contribution in [1.29, 1.82) is 0 Å². The first kappa shape index (κ1) is 7.59. The van der Waals surface area contributed by atoms with Gasteiger partial charge in [-0.3, -0.25) is 10.00 Å². The highest BCUT2D eigenvalue weighted by Crippen LogP contribution is 2.08. The molecular weight excluding hydrogens is 146 g/mol. The zero-order chi connectivity index (χ0) is 8.27. The van der Waals surface area contributed by atoms with E-state index in [9.17, 15) is 4.79 Å². The van der Waals surface area contributed by atoms with Gasteiger partial charge in [0, 0.05) is 13.2 Å². The van der Waals surface area contributed by atoms with Gasteiger partial charge in [0.25, 0.3) is 0 Å². The summed E-state index contributed by atoms with van der Waals surface area (Å²) in [5.74, 6) is 0. The van der Waals surface area contributed by atoms with Crippen molar-refractivity contribution in [3.8, 4) is 0 Å². The molecule has 11 heavy (non-hydrogen) atoms. The van der Waals surface area contributed by atoms with Crippen molar-refractivity contribution in [1.82, 2.24) is 10.2 Å². The number of methoxy groups -OCH3 is 1. The molecule has 0 radical (unpaired) electrons. The molecule has 0 aromatic carbocycles. The minimum absolute atomic E-state index is 0.411. The Balaban J connectivity index is 2.70. The van der Waals surface area contributed by atoms with Gasteiger partial charge in [-0.05, 0) is 0 Å². The number of aromatic amines is 1. The van der Waals surface area contributed by atoms with Crippen LogP contribution in [0.1, 0.15) is 0 Å². The molecule has 0 aliphatic carbocycles. The number of aromatic nitrogens is 2. The number of carbonyl (C=O) groups is 1. The molecule has 0 unspecified atom stereocenters. The molecule has 0 saturated carbocycles. The second-order valence-corrected chi connectivity index (χ2v) is 1.99. The maximum absolute atomic E-state index is 10.9. The first-order valence-electron chi connectivity index (χ1n) is 3.06. The second kappa shape index (κ2) is 3.05. The van der Waals surface area contributed by atoms with Crippen LogP contribution in [0, 0.1) is 0 Å². The van der Waals surface area contributed by atoms with Crippen molar-refractivity contribution in [2.24, 2.45) is 0 Å². The summed E-state index contributed by atoms with van der Waals surface area (Å²) in [6, 6.07) is 0. The van der Waals surface area contributed by atoms with Crippen molar-refractivity contribution in [2.75, 3.05) is 19.1 Å². The van der Waals surface area contributed by atoms with Crippen LogP contribution in [0.25, 0.3) is 0 Å². The minimum Gasteiger partial charge on any atom is -0.452 e. The van der Waals surface area contributed by atoms with Crippen LogP contribution >= 0.6 is 0 Å². The third-order valence-corrected chi connectivity index (χ3v) is 1.32. The fourth-order valence-electron chi connectivity index (χ4n) is 0.670. The lowest BCUT2D eigenvalue weighted by Gasteiger charge is -2.11. The van der Waals surface area contributed by atoms with E-state index in [2.05, 4.69) is 14.9 Å². The summed E-state index contributed by atoms with van der Waals surface area (Å²) in [6.07, 6.45) is 2.74. The van der Waals surface area contributed by atoms with Crippen LogP contribution in [0.15, 0.2) is 12.4 Å². The fourth-order valence-corrected chi connectivity index (χ4v) is 0.670. The van der Waals surface area contributed by atoms with Crippen molar-refractivity contribution >= 4 is 11.8 Å². The van der Waals surface area contributed by atoms with Crippen molar-refractivity contribution in [3.05, 3.63) is 12.4 Å². The van der Waals surface area contributed by atoms with E-state index in [1.165, 1.54) is 18.2 Å². The minimum atomic E-state index is -0.411. The lowest BCUT2D eigenvalue weighted by Crippen LogP contribution is -2.25. The highest BCUT2D eigenvalue weighted by Gasteiger charge is 2.10. The van der Waals surface area contributed by atoms with Crippen LogP contribution < -0.4 is 4.90 Å². The summed E-state index contributed by atoms with van der Waals surface area (Å²) >= 11 is 0. The number of nitrogens with one attached hydrogen (secondary N) is 1. The van der Waals surface area contributed by atoms with Gasteiger partial charge >= 0.3 is 6.09 Å². The maximum atomic E-state index is 10.9. The van der Waals surface area contributed by atoms with Gasteiger partial charge < -0.3 is 4.74 Å². The van der Waals surface area contributed by atoms with Crippen LogP contribution in [0.5, 0.6) is 0 Å². The number of H-pyrrole nitrogens is 1. The maximum Gasteiger partial charge on any atom is 0.413 e. The predicted octanol–water partition coefficient (Wildman–Crippen LogP) is 0.612. The molecule has 0 fully saturated rings. The van der Waals surface area contributed by atoms with Gasteiger partial charge in [0.2, 0.25) is 0 Å². The molecular formula is C6H9N3O2. The second-order valence-electron chi connectivity index (χ2n) is 1.99. The zero-order valence-electron chi connectivity index (χ0n) is 6.37. The predicted molar refractivity (Wildman–Crippen MR) is 39.4 cm³/mol. The van der Waals surface area contributed by atoms with Gasteiger partial charge in [0.05, 0.1) is 19.0 Å². The third kappa shape index (κ3) is 1.49. The van der Waals surface area contributed by atoms with E-state index >= 15 is 0 Å². The molecule has 0 atom stereocenters. The van der Waals surface area contributed by atoms with Gasteiger partial charge in [-0.1, -0.05) is 0 Å². The van der Waals surface area contributed by atoms with E-state index in [0.29, 0.717) is 5.69 Å². The molecule has 0 aliphatic rings. The number of hydrogen-bond acceptors (Lipinski definition) is 3. The Labute approximate surface area is 64.0 Å². The summed E-state index contributed by atoms with van der Waals surface area (Å²) in [7, 11) is 2.94. The Morgan fingerprint density at radius 3 is 3.00 bits per heavy atom. The van der Waals surface area contributed by atoms with E-state index in [0.717, 1.165) is 0 Å². The molecule has 1 aromatic heterocycles. The monoisotopic (exact) mass is 155 g/mol. The number of anilines is 1. The van der Waals surface area contributed by atoms with E-state index < -0.39 is 6.09 Å². The lowest BCUT2D eigenvalue weighted by atomic mass is 10.5. The Morgan fingerprint density at radius 1 is 1.82 bits per heavy atom. The van der Waals surface area contributed by atoms with Gasteiger partial charge in [0.15, 0.2) is 0 Å². The zero-order valence-corrected chi connectivity index (χ0v) is 6.37. The molecule has 1 heterocycles. The molecule has 5 heteroatoms. The number of ether oxygens (including phenoxy) is 1. The van der Waals surface area contributed by atoms with Crippen LogP contribution in [-0.2, 0) is 4.74 Å². The molecule has 1 N–H and O–H groups in total. The molecule has 0 bridgehead atoms. The Hall–Kier alpha value is -1.52. The average Bonchev–Trinajstić information content (AvgIpc) is 2.53. The summed E-state index contributed by atoms with van der Waals surface area (Å²) in [5.41, 5.74) is 0.678. The van der Waals surface area contributed by atoms with Crippen molar-refractivity contribution in [3.63, 3.8) is 0 Å². The van der Waals surface area contributed by atoms with E-state index in [1.54, 1.807) is 13.2 Å². The fraction of sp³-hybridized carbons (Fsp3) is 0.333. The van der Waals surface area contributed by atoms with E-state index in [-0.39, 0.29) is 0 Å². The standard InChI is InChI=1S/C6H9N3O2/c1-9(6(10)11-2)5-3-7-8-4-5/h3-4H,1-2H3,(H,7,8). The van der Waals surface area contributed by atoms with Crippen LogP contribution in [0.3, 0.4) is 0 Å². The Morgan fingerprint density at radius 2 is 2.55 bits per heavy atom. The molecule has 1 amide bonds.